The van der Waals surface area contributed by atoms with Gasteiger partial charge in [-0.25, -0.2) is 4.72 Å². The van der Waals surface area contributed by atoms with Crippen LogP contribution in [0.25, 0.3) is 0 Å². The van der Waals surface area contributed by atoms with Crippen molar-refractivity contribution in [1.82, 2.24) is 9.88 Å². The van der Waals surface area contributed by atoms with Crippen molar-refractivity contribution in [1.29, 1.82) is 0 Å². The maximum absolute atomic E-state index is 5.64. The fourth-order valence-electron chi connectivity index (χ4n) is 1.81. The Kier molecular flexibility index (Phi) is 7.06. The molecule has 0 bridgehead atoms. The molecule has 4 nitrogen and oxygen atoms in total. The van der Waals surface area contributed by atoms with Crippen molar-refractivity contribution < 1.29 is 9.26 Å². The molecule has 0 aliphatic rings. The summed E-state index contributed by atoms with van der Waals surface area (Å²) in [5, 5.41) is 3.95. The van der Waals surface area contributed by atoms with E-state index in [-0.39, 0.29) is 6.04 Å². The van der Waals surface area contributed by atoms with Gasteiger partial charge in [0.1, 0.15) is 6.61 Å². The Bertz CT molecular complexity index is 557. The molecule has 5 heteroatoms. The Morgan fingerprint density at radius 3 is 2.95 bits per heavy atom. The van der Waals surface area contributed by atoms with Crippen LogP contribution >= 0.6 is 11.9 Å². The van der Waals surface area contributed by atoms with Gasteiger partial charge in [-0.05, 0) is 17.1 Å². The zero-order valence-electron chi connectivity index (χ0n) is 12.8. The first-order valence-electron chi connectivity index (χ1n) is 7.46. The molecule has 0 spiro atoms. The SMILES string of the molecule is C=C[C@H](NSCCCC)c1cc(OCc2ccccc2)no1. The van der Waals surface area contributed by atoms with Crippen LogP contribution in [-0.4, -0.2) is 10.9 Å². The Labute approximate surface area is 136 Å². The summed E-state index contributed by atoms with van der Waals surface area (Å²) in [5.74, 6) is 2.26. The minimum atomic E-state index is -0.0663. The van der Waals surface area contributed by atoms with E-state index in [0.29, 0.717) is 18.2 Å². The molecule has 1 aromatic heterocycles. The standard InChI is InChI=1S/C17H22N2O2S/c1-3-5-11-22-19-15(4-2)16-12-17(18-21-16)20-13-14-9-7-6-8-10-14/h4,6-10,12,15,19H,2-3,5,11,13H2,1H3/t15-/m0/s1. The van der Waals surface area contributed by atoms with E-state index in [1.165, 1.54) is 12.8 Å². The van der Waals surface area contributed by atoms with E-state index in [1.54, 1.807) is 18.0 Å². The topological polar surface area (TPSA) is 47.3 Å². The first-order valence-corrected chi connectivity index (χ1v) is 8.45. The highest BCUT2D eigenvalue weighted by molar-refractivity contribution is 7.97. The lowest BCUT2D eigenvalue weighted by atomic mass is 10.2. The second kappa shape index (κ2) is 9.33. The summed E-state index contributed by atoms with van der Waals surface area (Å²) in [6.07, 6.45) is 4.18. The predicted molar refractivity (Wildman–Crippen MR) is 90.7 cm³/mol. The molecule has 0 radical (unpaired) electrons. The van der Waals surface area contributed by atoms with E-state index < -0.39 is 0 Å². The van der Waals surface area contributed by atoms with Crippen molar-refractivity contribution in [2.75, 3.05) is 5.75 Å². The van der Waals surface area contributed by atoms with Gasteiger partial charge < -0.3 is 9.26 Å². The number of rotatable bonds is 10. The van der Waals surface area contributed by atoms with E-state index in [9.17, 15) is 0 Å². The molecule has 0 saturated carbocycles. The van der Waals surface area contributed by atoms with Crippen molar-refractivity contribution in [3.8, 4) is 5.88 Å². The summed E-state index contributed by atoms with van der Waals surface area (Å²) in [7, 11) is 0. The first kappa shape index (κ1) is 16.6. The number of ether oxygens (including phenoxy) is 1. The maximum atomic E-state index is 5.64. The molecule has 0 amide bonds. The van der Waals surface area contributed by atoms with Gasteiger partial charge in [-0.1, -0.05) is 61.7 Å². The van der Waals surface area contributed by atoms with Crippen molar-refractivity contribution in [2.24, 2.45) is 0 Å². The van der Waals surface area contributed by atoms with Gasteiger partial charge in [0.05, 0.1) is 6.04 Å². The predicted octanol–water partition coefficient (Wildman–Crippen LogP) is 4.52. The maximum Gasteiger partial charge on any atom is 0.254 e. The second-order valence-electron chi connectivity index (χ2n) is 4.88. The molecule has 1 atom stereocenters. The summed E-state index contributed by atoms with van der Waals surface area (Å²) in [6.45, 7) is 6.49. The molecular formula is C17H22N2O2S. The molecule has 0 unspecified atom stereocenters. The fourth-order valence-corrected chi connectivity index (χ4v) is 2.75. The third kappa shape index (κ3) is 5.24. The smallest absolute Gasteiger partial charge is 0.254 e. The van der Waals surface area contributed by atoms with Gasteiger partial charge in [0, 0.05) is 11.8 Å². The number of unbranched alkanes of at least 4 members (excludes halogenated alkanes) is 1. The molecule has 1 aromatic carbocycles. The average Bonchev–Trinajstić information content (AvgIpc) is 3.03. The van der Waals surface area contributed by atoms with Crippen LogP contribution in [0.3, 0.4) is 0 Å². The van der Waals surface area contributed by atoms with Crippen molar-refractivity contribution in [3.63, 3.8) is 0 Å². The zero-order valence-corrected chi connectivity index (χ0v) is 13.6. The van der Waals surface area contributed by atoms with Gasteiger partial charge in [0.15, 0.2) is 5.76 Å². The van der Waals surface area contributed by atoms with Crippen LogP contribution in [0.5, 0.6) is 5.88 Å². The van der Waals surface area contributed by atoms with E-state index in [4.69, 9.17) is 9.26 Å². The van der Waals surface area contributed by atoms with Crippen LogP contribution in [0.15, 0.2) is 53.6 Å². The highest BCUT2D eigenvalue weighted by Crippen LogP contribution is 2.22. The van der Waals surface area contributed by atoms with E-state index in [1.807, 2.05) is 36.4 Å². The molecule has 0 saturated heterocycles. The summed E-state index contributed by atoms with van der Waals surface area (Å²) < 4.78 is 14.3. The van der Waals surface area contributed by atoms with Crippen LogP contribution in [-0.2, 0) is 6.61 Å². The van der Waals surface area contributed by atoms with Crippen LogP contribution in [0.4, 0.5) is 0 Å². The third-order valence-electron chi connectivity index (χ3n) is 3.09. The highest BCUT2D eigenvalue weighted by Gasteiger charge is 2.14. The number of hydrogen-bond acceptors (Lipinski definition) is 5. The monoisotopic (exact) mass is 318 g/mol. The highest BCUT2D eigenvalue weighted by atomic mass is 32.2. The van der Waals surface area contributed by atoms with Gasteiger partial charge in [0.2, 0.25) is 0 Å². The molecule has 0 fully saturated rings. The number of benzene rings is 1. The van der Waals surface area contributed by atoms with Gasteiger partial charge in [-0.15, -0.1) is 6.58 Å². The second-order valence-corrected chi connectivity index (χ2v) is 5.81. The summed E-state index contributed by atoms with van der Waals surface area (Å²) >= 11 is 1.67. The summed E-state index contributed by atoms with van der Waals surface area (Å²) in [5.41, 5.74) is 1.10. The van der Waals surface area contributed by atoms with E-state index >= 15 is 0 Å². The molecule has 118 valence electrons. The first-order chi connectivity index (χ1) is 10.8. The van der Waals surface area contributed by atoms with E-state index in [0.717, 1.165) is 11.3 Å². The summed E-state index contributed by atoms with van der Waals surface area (Å²) in [6, 6.07) is 11.7. The normalized spacial score (nSPS) is 12.0. The number of aromatic nitrogens is 1. The van der Waals surface area contributed by atoms with Crippen LogP contribution in [0, 0.1) is 0 Å². The van der Waals surface area contributed by atoms with Gasteiger partial charge in [-0.2, -0.15) is 0 Å². The van der Waals surface area contributed by atoms with Crippen molar-refractivity contribution in [3.05, 3.63) is 60.4 Å². The Morgan fingerprint density at radius 2 is 2.23 bits per heavy atom. The van der Waals surface area contributed by atoms with Crippen LogP contribution < -0.4 is 9.46 Å². The van der Waals surface area contributed by atoms with Gasteiger partial charge in [-0.3, -0.25) is 0 Å². The fraction of sp³-hybridized carbons (Fsp3) is 0.353. The molecule has 1 heterocycles. The van der Waals surface area contributed by atoms with Gasteiger partial charge >= 0.3 is 0 Å². The Balaban J connectivity index is 1.84. The number of nitrogens with one attached hydrogen (secondary N) is 1. The number of nitrogens with zero attached hydrogens (tertiary/aromatic N) is 1. The lowest BCUT2D eigenvalue weighted by Crippen LogP contribution is -2.11. The minimum Gasteiger partial charge on any atom is -0.471 e. The number of hydrogen-bond donors (Lipinski definition) is 1. The van der Waals surface area contributed by atoms with Crippen molar-refractivity contribution >= 4 is 11.9 Å². The minimum absolute atomic E-state index is 0.0663. The molecule has 0 aliphatic heterocycles. The average molecular weight is 318 g/mol. The molecule has 2 rings (SSSR count). The third-order valence-corrected chi connectivity index (χ3v) is 4.00. The quantitative estimate of drug-likeness (QED) is 0.396. The van der Waals surface area contributed by atoms with Crippen LogP contribution in [0.2, 0.25) is 0 Å². The molecular weight excluding hydrogens is 296 g/mol. The summed E-state index contributed by atoms with van der Waals surface area (Å²) in [4.78, 5) is 0. The molecule has 22 heavy (non-hydrogen) atoms. The Hall–Kier alpha value is -1.72. The molecule has 2 aromatic rings. The lowest BCUT2D eigenvalue weighted by Gasteiger charge is -2.09. The van der Waals surface area contributed by atoms with Crippen LogP contribution in [0.1, 0.15) is 37.1 Å². The zero-order chi connectivity index (χ0) is 15.6. The van der Waals surface area contributed by atoms with E-state index in [2.05, 4.69) is 23.4 Å². The largest absolute Gasteiger partial charge is 0.471 e. The molecule has 1 N–H and O–H groups in total. The molecule has 0 aliphatic carbocycles. The Morgan fingerprint density at radius 1 is 1.41 bits per heavy atom. The van der Waals surface area contributed by atoms with Gasteiger partial charge in [0.25, 0.3) is 5.88 Å². The van der Waals surface area contributed by atoms with Crippen molar-refractivity contribution in [2.45, 2.75) is 32.4 Å². The lowest BCUT2D eigenvalue weighted by molar-refractivity contribution is 0.265.